The van der Waals surface area contributed by atoms with Crippen LogP contribution in [0.1, 0.15) is 23.0 Å². The Morgan fingerprint density at radius 1 is 1.19 bits per heavy atom. The number of carbonyl (C=O) groups excluding carboxylic acids is 1. The molecule has 6 nitrogen and oxygen atoms in total. The van der Waals surface area contributed by atoms with E-state index in [-0.39, 0.29) is 23.8 Å². The van der Waals surface area contributed by atoms with Gasteiger partial charge in [0.15, 0.2) is 0 Å². The van der Waals surface area contributed by atoms with Gasteiger partial charge in [-0.25, -0.2) is 17.9 Å². The highest BCUT2D eigenvalue weighted by molar-refractivity contribution is 7.89. The fourth-order valence-electron chi connectivity index (χ4n) is 2.66. The second-order valence-corrected chi connectivity index (χ2v) is 7.97. The van der Waals surface area contributed by atoms with Crippen molar-refractivity contribution in [1.82, 2.24) is 4.72 Å². The number of fused-ring (bicyclic) bond motifs is 1. The summed E-state index contributed by atoms with van der Waals surface area (Å²) in [5.74, 6) is -0.399. The van der Waals surface area contributed by atoms with E-state index in [1.54, 1.807) is 25.1 Å². The number of hydrogen-bond donors (Lipinski definition) is 1. The maximum Gasteiger partial charge on any atom is 0.374 e. The number of sulfonamides is 1. The van der Waals surface area contributed by atoms with Gasteiger partial charge in [-0.1, -0.05) is 23.7 Å². The zero-order valence-corrected chi connectivity index (χ0v) is 16.1. The Bertz CT molecular complexity index is 1060. The van der Waals surface area contributed by atoms with Gasteiger partial charge in [0.1, 0.15) is 5.58 Å². The van der Waals surface area contributed by atoms with E-state index < -0.39 is 16.0 Å². The molecule has 0 fully saturated rings. The molecule has 1 heterocycles. The van der Waals surface area contributed by atoms with Crippen LogP contribution in [0.5, 0.6) is 0 Å². The highest BCUT2D eigenvalue weighted by Gasteiger charge is 2.16. The molecule has 3 aromatic rings. The number of esters is 1. The maximum absolute atomic E-state index is 12.3. The number of furan rings is 1. The molecule has 27 heavy (non-hydrogen) atoms. The molecule has 0 saturated heterocycles. The molecule has 0 spiro atoms. The van der Waals surface area contributed by atoms with Gasteiger partial charge in [-0.2, -0.15) is 0 Å². The summed E-state index contributed by atoms with van der Waals surface area (Å²) in [7, 11) is -3.62. The third-order valence-corrected chi connectivity index (χ3v) is 5.67. The highest BCUT2D eigenvalue weighted by Crippen LogP contribution is 2.24. The smallest absolute Gasteiger partial charge is 0.374 e. The van der Waals surface area contributed by atoms with Crippen molar-refractivity contribution < 1.29 is 22.4 Å². The van der Waals surface area contributed by atoms with Crippen LogP contribution in [0.4, 0.5) is 0 Å². The molecule has 0 unspecified atom stereocenters. The Kier molecular flexibility index (Phi) is 5.84. The molecule has 1 aromatic heterocycles. The van der Waals surface area contributed by atoms with Crippen LogP contribution in [-0.4, -0.2) is 27.5 Å². The predicted molar refractivity (Wildman–Crippen MR) is 103 cm³/mol. The summed E-state index contributed by atoms with van der Waals surface area (Å²) in [6, 6.07) is 13.0. The minimum Gasteiger partial charge on any atom is -0.460 e. The Hall–Kier alpha value is -2.35. The zero-order valence-electron chi connectivity index (χ0n) is 14.6. The molecule has 0 bridgehead atoms. The van der Waals surface area contributed by atoms with E-state index in [1.807, 2.05) is 6.07 Å². The van der Waals surface area contributed by atoms with E-state index in [1.165, 1.54) is 24.3 Å². The average Bonchev–Trinajstić information content (AvgIpc) is 3.07. The predicted octanol–water partition coefficient (Wildman–Crippen LogP) is 3.78. The Balaban J connectivity index is 1.73. The number of nitrogens with one attached hydrogen (secondary N) is 1. The fourth-order valence-corrected chi connectivity index (χ4v) is 3.82. The van der Waals surface area contributed by atoms with Crippen molar-refractivity contribution in [3.63, 3.8) is 0 Å². The van der Waals surface area contributed by atoms with Crippen molar-refractivity contribution >= 4 is 38.6 Å². The van der Waals surface area contributed by atoms with E-state index in [9.17, 15) is 13.2 Å². The Morgan fingerprint density at radius 3 is 2.63 bits per heavy atom. The van der Waals surface area contributed by atoms with E-state index in [0.29, 0.717) is 17.0 Å². The van der Waals surface area contributed by atoms with Gasteiger partial charge in [0, 0.05) is 17.0 Å². The van der Waals surface area contributed by atoms with Gasteiger partial charge < -0.3 is 9.15 Å². The standard InChI is InChI=1S/C19H18ClNO5S/c1-2-25-19(22)18-12-16-13(4-3-5-17(16)26-18)10-11-21-27(23,24)15-8-6-14(20)7-9-15/h3-9,12,21H,2,10-11H2,1H3. The van der Waals surface area contributed by atoms with Crippen LogP contribution in [-0.2, 0) is 21.2 Å². The third-order valence-electron chi connectivity index (χ3n) is 3.94. The van der Waals surface area contributed by atoms with Gasteiger partial charge >= 0.3 is 5.97 Å². The van der Waals surface area contributed by atoms with Crippen LogP contribution >= 0.6 is 11.6 Å². The topological polar surface area (TPSA) is 85.6 Å². The number of ether oxygens (including phenoxy) is 1. The van der Waals surface area contributed by atoms with Crippen molar-refractivity contribution in [3.05, 3.63) is 64.9 Å². The van der Waals surface area contributed by atoms with Crippen molar-refractivity contribution in [3.8, 4) is 0 Å². The van der Waals surface area contributed by atoms with Gasteiger partial charge in [0.2, 0.25) is 15.8 Å². The SMILES string of the molecule is CCOC(=O)c1cc2c(CCNS(=O)(=O)c3ccc(Cl)cc3)cccc2o1. The Morgan fingerprint density at radius 2 is 1.93 bits per heavy atom. The summed E-state index contributed by atoms with van der Waals surface area (Å²) in [5, 5.41) is 1.23. The van der Waals surface area contributed by atoms with Crippen molar-refractivity contribution in [2.24, 2.45) is 0 Å². The van der Waals surface area contributed by atoms with E-state index >= 15 is 0 Å². The van der Waals surface area contributed by atoms with Crippen LogP contribution in [0.3, 0.4) is 0 Å². The van der Waals surface area contributed by atoms with Gasteiger partial charge in [-0.05, 0) is 55.3 Å². The molecule has 0 atom stereocenters. The van der Waals surface area contributed by atoms with Crippen LogP contribution in [0.25, 0.3) is 11.0 Å². The molecule has 8 heteroatoms. The molecule has 1 N–H and O–H groups in total. The van der Waals surface area contributed by atoms with E-state index in [4.69, 9.17) is 20.8 Å². The van der Waals surface area contributed by atoms with Crippen LogP contribution in [0, 0.1) is 0 Å². The lowest BCUT2D eigenvalue weighted by Crippen LogP contribution is -2.26. The monoisotopic (exact) mass is 407 g/mol. The van der Waals surface area contributed by atoms with Crippen molar-refractivity contribution in [2.75, 3.05) is 13.2 Å². The van der Waals surface area contributed by atoms with Gasteiger partial charge in [0.25, 0.3) is 0 Å². The number of hydrogen-bond acceptors (Lipinski definition) is 5. The summed E-state index contributed by atoms with van der Waals surface area (Å²) in [6.07, 6.45) is 0.436. The molecular formula is C19H18ClNO5S. The molecule has 0 aliphatic rings. The Labute approximate surface area is 162 Å². The van der Waals surface area contributed by atoms with Crippen molar-refractivity contribution in [1.29, 1.82) is 0 Å². The highest BCUT2D eigenvalue weighted by atomic mass is 35.5. The lowest BCUT2D eigenvalue weighted by atomic mass is 10.1. The summed E-state index contributed by atoms with van der Waals surface area (Å²) in [5.41, 5.74) is 1.42. The normalized spacial score (nSPS) is 11.6. The minimum atomic E-state index is -3.62. The number of carbonyl (C=O) groups is 1. The molecule has 0 radical (unpaired) electrons. The van der Waals surface area contributed by atoms with Gasteiger partial charge in [-0.3, -0.25) is 0 Å². The van der Waals surface area contributed by atoms with Crippen LogP contribution in [0.2, 0.25) is 5.02 Å². The number of benzene rings is 2. The van der Waals surface area contributed by atoms with Crippen LogP contribution < -0.4 is 4.72 Å². The molecular weight excluding hydrogens is 390 g/mol. The molecule has 0 amide bonds. The molecule has 2 aromatic carbocycles. The lowest BCUT2D eigenvalue weighted by Gasteiger charge is -2.07. The molecule has 0 saturated carbocycles. The fraction of sp³-hybridized carbons (Fsp3) is 0.211. The first-order valence-corrected chi connectivity index (χ1v) is 10.2. The lowest BCUT2D eigenvalue weighted by molar-refractivity contribution is 0.0492. The van der Waals surface area contributed by atoms with Crippen LogP contribution in [0.15, 0.2) is 57.8 Å². The first-order chi connectivity index (χ1) is 12.9. The van der Waals surface area contributed by atoms with E-state index in [2.05, 4.69) is 4.72 Å². The second-order valence-electron chi connectivity index (χ2n) is 5.76. The number of halogens is 1. The zero-order chi connectivity index (χ0) is 19.4. The number of rotatable bonds is 7. The molecule has 3 rings (SSSR count). The van der Waals surface area contributed by atoms with Crippen molar-refractivity contribution in [2.45, 2.75) is 18.2 Å². The maximum atomic E-state index is 12.3. The largest absolute Gasteiger partial charge is 0.460 e. The minimum absolute atomic E-state index is 0.126. The molecule has 0 aliphatic carbocycles. The molecule has 0 aliphatic heterocycles. The second kappa shape index (κ2) is 8.12. The quantitative estimate of drug-likeness (QED) is 0.602. The van der Waals surface area contributed by atoms with Gasteiger partial charge in [0.05, 0.1) is 11.5 Å². The summed E-state index contributed by atoms with van der Waals surface area (Å²) < 4.78 is 37.7. The average molecular weight is 408 g/mol. The summed E-state index contributed by atoms with van der Waals surface area (Å²) in [6.45, 7) is 2.18. The van der Waals surface area contributed by atoms with E-state index in [0.717, 1.165) is 10.9 Å². The summed E-state index contributed by atoms with van der Waals surface area (Å²) in [4.78, 5) is 12.0. The van der Waals surface area contributed by atoms with Gasteiger partial charge in [-0.15, -0.1) is 0 Å². The summed E-state index contributed by atoms with van der Waals surface area (Å²) >= 11 is 5.79. The molecule has 142 valence electrons. The third kappa shape index (κ3) is 4.50. The first kappa shape index (κ1) is 19.4. The first-order valence-electron chi connectivity index (χ1n) is 8.34.